The molecule has 0 fully saturated rings. The summed E-state index contributed by atoms with van der Waals surface area (Å²) in [6, 6.07) is 9.74. The van der Waals surface area contributed by atoms with Crippen molar-refractivity contribution in [2.24, 2.45) is 0 Å². The number of nitrogens with zero attached hydrogens (tertiary/aromatic N) is 1. The molecule has 0 saturated carbocycles. The van der Waals surface area contributed by atoms with E-state index in [2.05, 4.69) is 0 Å². The van der Waals surface area contributed by atoms with Crippen LogP contribution in [0.3, 0.4) is 0 Å². The molecule has 4 heteroatoms. The van der Waals surface area contributed by atoms with Gasteiger partial charge in [-0.15, -0.1) is 0 Å². The van der Waals surface area contributed by atoms with Crippen LogP contribution in [-0.4, -0.2) is 5.75 Å². The van der Waals surface area contributed by atoms with Gasteiger partial charge in [0.2, 0.25) is 0 Å². The number of rotatable bonds is 1. The molecule has 0 radical (unpaired) electrons. The minimum atomic E-state index is -0.212. The highest BCUT2D eigenvalue weighted by Gasteiger charge is 2.28. The molecule has 15 heavy (non-hydrogen) atoms. The van der Waals surface area contributed by atoms with Crippen molar-refractivity contribution in [1.29, 1.82) is 0 Å². The molecule has 3 rings (SSSR count). The van der Waals surface area contributed by atoms with Crippen LogP contribution in [0, 0.1) is 0 Å². The van der Waals surface area contributed by atoms with Crippen molar-refractivity contribution in [3.8, 4) is 17.4 Å². The molecule has 0 aliphatic carbocycles. The fourth-order valence-corrected chi connectivity index (χ4v) is 2.71. The van der Waals surface area contributed by atoms with Crippen molar-refractivity contribution >= 4 is 11.8 Å². The lowest BCUT2D eigenvalue weighted by molar-refractivity contribution is -0.714. The zero-order chi connectivity index (χ0) is 10.3. The molecule has 0 N–H and O–H groups in total. The Labute approximate surface area is 91.4 Å². The second kappa shape index (κ2) is 3.31. The number of hydrogen-bond donors (Lipinski definition) is 0. The number of benzene rings is 1. The van der Waals surface area contributed by atoms with E-state index >= 15 is 0 Å². The Morgan fingerprint density at radius 2 is 2.07 bits per heavy atom. The molecule has 0 unspecified atom stereocenters. The number of hydrogen-bond acceptors (Lipinski definition) is 3. The lowest BCUT2D eigenvalue weighted by Gasteiger charge is -1.97. The Morgan fingerprint density at radius 3 is 2.87 bits per heavy atom. The van der Waals surface area contributed by atoms with E-state index in [0.717, 1.165) is 22.9 Å². The zero-order valence-electron chi connectivity index (χ0n) is 7.97. The molecule has 0 bridgehead atoms. The van der Waals surface area contributed by atoms with E-state index in [1.165, 1.54) is 0 Å². The van der Waals surface area contributed by atoms with Gasteiger partial charge in [0.25, 0.3) is 10.9 Å². The molecule has 2 aromatic rings. The topological polar surface area (TPSA) is 40.1 Å². The molecule has 0 spiro atoms. The van der Waals surface area contributed by atoms with Crippen LogP contribution in [0.4, 0.5) is 0 Å². The number of oxazole rings is 1. The zero-order valence-corrected chi connectivity index (χ0v) is 8.79. The first-order chi connectivity index (χ1) is 7.36. The smallest absolute Gasteiger partial charge is 0.270 e. The largest absolute Gasteiger partial charge is 0.539 e. The molecular weight excluding hydrogens is 210 g/mol. The van der Waals surface area contributed by atoms with Crippen LogP contribution in [0.2, 0.25) is 0 Å². The Hall–Kier alpha value is -1.42. The van der Waals surface area contributed by atoms with Crippen molar-refractivity contribution in [3.05, 3.63) is 30.3 Å². The second-order valence-electron chi connectivity index (χ2n) is 3.37. The summed E-state index contributed by atoms with van der Waals surface area (Å²) in [6.07, 6.45) is 0. The summed E-state index contributed by atoms with van der Waals surface area (Å²) in [7, 11) is 0. The van der Waals surface area contributed by atoms with Crippen LogP contribution in [0.15, 0.2) is 39.8 Å². The minimum absolute atomic E-state index is 0.212. The van der Waals surface area contributed by atoms with Gasteiger partial charge in [-0.25, -0.2) is 0 Å². The van der Waals surface area contributed by atoms with E-state index in [9.17, 15) is 5.11 Å². The van der Waals surface area contributed by atoms with E-state index in [1.807, 2.05) is 34.9 Å². The Morgan fingerprint density at radius 1 is 1.27 bits per heavy atom. The third-order valence-electron chi connectivity index (χ3n) is 2.43. The molecule has 0 amide bonds. The lowest BCUT2D eigenvalue weighted by atomic mass is 10.2. The Bertz CT molecular complexity index is 493. The van der Waals surface area contributed by atoms with Crippen molar-refractivity contribution in [1.82, 2.24) is 0 Å². The second-order valence-corrected chi connectivity index (χ2v) is 4.45. The van der Waals surface area contributed by atoms with Gasteiger partial charge in [-0.05, 0) is 23.9 Å². The fraction of sp³-hybridized carbons (Fsp3) is 0.182. The first-order valence-corrected chi connectivity index (χ1v) is 5.76. The van der Waals surface area contributed by atoms with Crippen LogP contribution >= 0.6 is 11.8 Å². The third-order valence-corrected chi connectivity index (χ3v) is 3.48. The minimum Gasteiger partial charge on any atom is -0.539 e. The van der Waals surface area contributed by atoms with E-state index in [0.29, 0.717) is 5.89 Å². The Balaban J connectivity index is 2.18. The molecule has 1 aliphatic rings. The van der Waals surface area contributed by atoms with E-state index in [1.54, 1.807) is 11.8 Å². The SMILES string of the molecule is [O-]c1oc(-c2ccccc2)[n+]2c1SCC2. The maximum Gasteiger partial charge on any atom is 0.270 e. The monoisotopic (exact) mass is 219 g/mol. The first kappa shape index (κ1) is 8.85. The molecule has 0 saturated heterocycles. The van der Waals surface area contributed by atoms with Crippen molar-refractivity contribution < 1.29 is 14.1 Å². The van der Waals surface area contributed by atoms with Gasteiger partial charge in [0, 0.05) is 0 Å². The lowest BCUT2D eigenvalue weighted by Crippen LogP contribution is -2.32. The molecule has 1 aliphatic heterocycles. The fourth-order valence-electron chi connectivity index (χ4n) is 1.76. The molecule has 3 nitrogen and oxygen atoms in total. The summed E-state index contributed by atoms with van der Waals surface area (Å²) in [6.45, 7) is 0.857. The summed E-state index contributed by atoms with van der Waals surface area (Å²) in [4.78, 5) is 0. The van der Waals surface area contributed by atoms with Gasteiger partial charge in [-0.2, -0.15) is 4.57 Å². The molecule has 1 aromatic carbocycles. The quantitative estimate of drug-likeness (QED) is 0.681. The number of thioether (sulfide) groups is 1. The van der Waals surface area contributed by atoms with Crippen LogP contribution in [0.25, 0.3) is 11.5 Å². The summed E-state index contributed by atoms with van der Waals surface area (Å²) >= 11 is 1.57. The molecule has 2 heterocycles. The summed E-state index contributed by atoms with van der Waals surface area (Å²) in [5.74, 6) is 1.43. The molecule has 0 atom stereocenters. The highest BCUT2D eigenvalue weighted by atomic mass is 32.2. The van der Waals surface area contributed by atoms with Gasteiger partial charge < -0.3 is 9.52 Å². The maximum atomic E-state index is 11.5. The maximum absolute atomic E-state index is 11.5. The normalized spacial score (nSPS) is 14.1. The van der Waals surface area contributed by atoms with Gasteiger partial charge in [0.05, 0.1) is 11.3 Å². The first-order valence-electron chi connectivity index (χ1n) is 4.78. The van der Waals surface area contributed by atoms with Gasteiger partial charge >= 0.3 is 0 Å². The van der Waals surface area contributed by atoms with Crippen LogP contribution in [0.1, 0.15) is 0 Å². The van der Waals surface area contributed by atoms with E-state index < -0.39 is 0 Å². The number of fused-ring (bicyclic) bond motifs is 1. The van der Waals surface area contributed by atoms with E-state index in [4.69, 9.17) is 4.42 Å². The van der Waals surface area contributed by atoms with Gasteiger partial charge in [-0.1, -0.05) is 18.2 Å². The number of aromatic nitrogens is 1. The van der Waals surface area contributed by atoms with Gasteiger partial charge in [0.15, 0.2) is 6.54 Å². The van der Waals surface area contributed by atoms with Crippen LogP contribution in [0.5, 0.6) is 5.95 Å². The highest BCUT2D eigenvalue weighted by molar-refractivity contribution is 7.99. The van der Waals surface area contributed by atoms with Gasteiger partial charge in [0.1, 0.15) is 5.95 Å². The van der Waals surface area contributed by atoms with Crippen molar-refractivity contribution in [2.45, 2.75) is 11.6 Å². The third kappa shape index (κ3) is 1.33. The highest BCUT2D eigenvalue weighted by Crippen LogP contribution is 2.32. The average Bonchev–Trinajstić information content (AvgIpc) is 2.84. The summed E-state index contributed by atoms with van der Waals surface area (Å²) in [5.41, 5.74) is 0.961. The predicted octanol–water partition coefficient (Wildman–Crippen LogP) is 1.41. The standard InChI is InChI=1S/C11H9NO2S/c13-11-10-12(6-7-15-10)9(14-11)8-4-2-1-3-5-8/h1-5H,6-7H2. The summed E-state index contributed by atoms with van der Waals surface area (Å²) < 4.78 is 7.22. The van der Waals surface area contributed by atoms with E-state index in [-0.39, 0.29) is 5.95 Å². The summed E-state index contributed by atoms with van der Waals surface area (Å²) in [5, 5.41) is 12.2. The average molecular weight is 219 g/mol. The van der Waals surface area contributed by atoms with Gasteiger partial charge in [-0.3, -0.25) is 0 Å². The van der Waals surface area contributed by atoms with Crippen LogP contribution in [-0.2, 0) is 6.54 Å². The van der Waals surface area contributed by atoms with Crippen molar-refractivity contribution in [3.63, 3.8) is 0 Å². The molecule has 76 valence electrons. The van der Waals surface area contributed by atoms with Crippen LogP contribution < -0.4 is 9.67 Å². The molecule has 1 aromatic heterocycles. The molecular formula is C11H9NO2S. The predicted molar refractivity (Wildman–Crippen MR) is 54.5 cm³/mol. The Kier molecular flexibility index (Phi) is 1.95. The van der Waals surface area contributed by atoms with Crippen molar-refractivity contribution in [2.75, 3.05) is 5.75 Å².